The van der Waals surface area contributed by atoms with Crippen LogP contribution in [0.4, 0.5) is 0 Å². The number of piperidine rings is 2. The zero-order valence-electron chi connectivity index (χ0n) is 31.2. The van der Waals surface area contributed by atoms with Gasteiger partial charge in [0.15, 0.2) is 0 Å². The fourth-order valence-corrected chi connectivity index (χ4v) is 7.99. The fourth-order valence-electron chi connectivity index (χ4n) is 7.99. The van der Waals surface area contributed by atoms with Crippen molar-refractivity contribution in [1.29, 1.82) is 0 Å². The van der Waals surface area contributed by atoms with Gasteiger partial charge in [0.1, 0.15) is 6.10 Å². The van der Waals surface area contributed by atoms with Gasteiger partial charge in [0.2, 0.25) is 0 Å². The number of hydrogen-bond donors (Lipinski definition) is 0. The molecule has 0 radical (unpaired) electrons. The van der Waals surface area contributed by atoms with E-state index in [1.807, 2.05) is 5.06 Å². The molecule has 0 aromatic carbocycles. The van der Waals surface area contributed by atoms with E-state index >= 15 is 0 Å². The van der Waals surface area contributed by atoms with Gasteiger partial charge >= 0.3 is 128 Å². The molecule has 2 saturated heterocycles. The minimum atomic E-state index is -0.264. The molecule has 9 heteroatoms. The molecule has 0 aliphatic carbocycles. The molecule has 0 saturated carbocycles. The van der Waals surface area contributed by atoms with E-state index in [9.17, 15) is 9.59 Å². The predicted molar refractivity (Wildman–Crippen MR) is 189 cm³/mol. The summed E-state index contributed by atoms with van der Waals surface area (Å²) in [7, 11) is 3.70. The Hall–Kier alpha value is -1.45. The molecule has 2 heterocycles. The Labute approximate surface area is 283 Å². The third-order valence-corrected chi connectivity index (χ3v) is 9.61. The Kier molecular flexibility index (Phi) is 16.8. The van der Waals surface area contributed by atoms with Crippen LogP contribution in [-0.4, -0.2) is 76.7 Å². The van der Waals surface area contributed by atoms with Gasteiger partial charge in [-0.25, -0.2) is 0 Å². The molecule has 0 bridgehead atoms. The van der Waals surface area contributed by atoms with Crippen molar-refractivity contribution in [3.63, 3.8) is 0 Å². The Balaban J connectivity index is 1.58. The van der Waals surface area contributed by atoms with Crippen LogP contribution >= 0.6 is 0 Å². The summed E-state index contributed by atoms with van der Waals surface area (Å²) in [6, 6.07) is 0. The van der Waals surface area contributed by atoms with Crippen LogP contribution in [0.15, 0.2) is 0 Å². The van der Waals surface area contributed by atoms with E-state index in [4.69, 9.17) is 19.1 Å². The van der Waals surface area contributed by atoms with Crippen molar-refractivity contribution in [2.75, 3.05) is 6.61 Å². The zero-order valence-corrected chi connectivity index (χ0v) is 31.2. The average Bonchev–Trinajstić information content (AvgIpc) is 2.91. The molecule has 0 spiro atoms. The molecule has 0 aromatic rings. The van der Waals surface area contributed by atoms with Gasteiger partial charge in [0.25, 0.3) is 0 Å². The van der Waals surface area contributed by atoms with Gasteiger partial charge in [-0.05, 0) is 40.5 Å². The summed E-state index contributed by atoms with van der Waals surface area (Å²) in [6.45, 7) is 20.2. The van der Waals surface area contributed by atoms with Gasteiger partial charge in [-0.3, -0.25) is 9.63 Å². The van der Waals surface area contributed by atoms with Crippen molar-refractivity contribution in [3.8, 4) is 0 Å². The summed E-state index contributed by atoms with van der Waals surface area (Å²) in [5.74, 6) is -0.201. The van der Waals surface area contributed by atoms with E-state index in [1.165, 1.54) is 38.3 Å². The second-order valence-electron chi connectivity index (χ2n) is 16.4. The second kappa shape index (κ2) is 18.9. The van der Waals surface area contributed by atoms with E-state index < -0.39 is 0 Å². The average molecular weight is 649 g/mol. The van der Waals surface area contributed by atoms with Gasteiger partial charge in [-0.2, -0.15) is 5.06 Å². The van der Waals surface area contributed by atoms with Crippen molar-refractivity contribution < 1.29 is 28.7 Å². The van der Waals surface area contributed by atoms with E-state index in [2.05, 4.69) is 74.9 Å². The molecule has 0 aromatic heterocycles. The number of esters is 2. The summed E-state index contributed by atoms with van der Waals surface area (Å²) in [4.78, 5) is 37.3. The van der Waals surface area contributed by atoms with Gasteiger partial charge in [0, 0.05) is 30.3 Å². The standard InChI is InChI=1S/C37H69BN2O6/c1-10-11-12-13-18-21-24-43-39-34(2,3)25-30(26-35(39,4)5)45-32(41)22-19-16-14-15-17-20-23-33(42)46-31-27-36(6,7)40(44-29-38)37(8,9)28-31/h29-31,38H,10-28H2,1-9H3. The molecule has 8 nitrogen and oxygen atoms in total. The summed E-state index contributed by atoms with van der Waals surface area (Å²) in [5, 5.41) is 4.14. The number of carbonyl (C=O) groups is 2. The van der Waals surface area contributed by atoms with Crippen LogP contribution in [0.3, 0.4) is 0 Å². The minimum absolute atomic E-state index is 0.0867. The zero-order chi connectivity index (χ0) is 34.4. The van der Waals surface area contributed by atoms with E-state index in [-0.39, 0.29) is 46.3 Å². The predicted octanol–water partition coefficient (Wildman–Crippen LogP) is 8.12. The number of unbranched alkanes of at least 4 members (excludes halogenated alkanes) is 10. The summed E-state index contributed by atoms with van der Waals surface area (Å²) < 4.78 is 11.9. The quantitative estimate of drug-likeness (QED) is 0.0702. The number of carbonyl (C=O) groups excluding carboxylic acids is 2. The number of rotatable bonds is 21. The van der Waals surface area contributed by atoms with Crippen molar-refractivity contribution in [2.24, 2.45) is 0 Å². The fraction of sp³-hybridized carbons (Fsp3) is 0.919. The molecular formula is C37H69BN2O6. The molecule has 0 atom stereocenters. The second-order valence-corrected chi connectivity index (χ2v) is 16.4. The maximum atomic E-state index is 12.7. The third-order valence-electron chi connectivity index (χ3n) is 9.61. The number of hydroxylamine groups is 4. The van der Waals surface area contributed by atoms with Crippen LogP contribution in [0.25, 0.3) is 0 Å². The third kappa shape index (κ3) is 13.6. The van der Waals surface area contributed by atoms with Crippen LogP contribution in [0.5, 0.6) is 0 Å². The van der Waals surface area contributed by atoms with Gasteiger partial charge in [0.05, 0.1) is 6.61 Å². The Bertz CT molecular complexity index is 901. The van der Waals surface area contributed by atoms with Crippen LogP contribution in [0.1, 0.15) is 178 Å². The SMILES string of the molecule is B=CON1C(C)(C)CC(OC(=O)CCCCCCCCC(=O)OC2CC(C)(C)N(OCCCCCCCC)C(C)(C)C2)CC1(C)C. The normalized spacial score (nSPS) is 21.5. The maximum absolute atomic E-state index is 12.7. The van der Waals surface area contributed by atoms with Crippen molar-refractivity contribution in [3.05, 3.63) is 0 Å². The topological polar surface area (TPSA) is 77.5 Å². The van der Waals surface area contributed by atoms with Crippen LogP contribution in [0.2, 0.25) is 0 Å². The molecule has 2 aliphatic rings. The first-order valence-electron chi connectivity index (χ1n) is 18.4. The summed E-state index contributed by atoms with van der Waals surface area (Å²) in [5.41, 5.74) is -0.932. The van der Waals surface area contributed by atoms with E-state index in [0.717, 1.165) is 77.2 Å². The Morgan fingerprint density at radius 2 is 0.978 bits per heavy atom. The molecule has 266 valence electrons. The monoisotopic (exact) mass is 649 g/mol. The summed E-state index contributed by atoms with van der Waals surface area (Å²) >= 11 is 0. The van der Waals surface area contributed by atoms with E-state index in [0.29, 0.717) is 12.8 Å². The van der Waals surface area contributed by atoms with Crippen LogP contribution in [0, 0.1) is 0 Å². The van der Waals surface area contributed by atoms with Crippen molar-refractivity contribution >= 4 is 25.6 Å². The molecule has 2 fully saturated rings. The number of hydrogen-bond acceptors (Lipinski definition) is 8. The first-order valence-corrected chi connectivity index (χ1v) is 18.4. The van der Waals surface area contributed by atoms with E-state index in [1.54, 1.807) is 0 Å². The number of ether oxygens (including phenoxy) is 2. The molecule has 2 rings (SSSR count). The summed E-state index contributed by atoms with van der Waals surface area (Å²) in [6.07, 6.45) is 18.4. The van der Waals surface area contributed by atoms with Crippen LogP contribution in [-0.2, 0) is 28.7 Å². The van der Waals surface area contributed by atoms with Gasteiger partial charge in [-0.15, -0.1) is 0 Å². The van der Waals surface area contributed by atoms with Crippen molar-refractivity contribution in [1.82, 2.24) is 10.1 Å². The van der Waals surface area contributed by atoms with Gasteiger partial charge < -0.3 is 4.74 Å². The molecular weight excluding hydrogens is 579 g/mol. The molecule has 0 unspecified atom stereocenters. The molecule has 46 heavy (non-hydrogen) atoms. The first-order chi connectivity index (χ1) is 21.5. The van der Waals surface area contributed by atoms with Crippen LogP contribution < -0.4 is 0 Å². The molecule has 2 aliphatic heterocycles. The molecule has 0 N–H and O–H groups in total. The van der Waals surface area contributed by atoms with Crippen molar-refractivity contribution in [2.45, 2.75) is 212 Å². The Morgan fingerprint density at radius 3 is 1.39 bits per heavy atom. The first kappa shape index (κ1) is 40.7. The molecule has 0 amide bonds. The Morgan fingerprint density at radius 1 is 0.609 bits per heavy atom. The number of nitrogens with zero attached hydrogens (tertiary/aromatic N) is 2. The van der Waals surface area contributed by atoms with Gasteiger partial charge in [-0.1, -0.05) is 51.9 Å².